The van der Waals surface area contributed by atoms with Gasteiger partial charge in [0.1, 0.15) is 5.75 Å². The van der Waals surface area contributed by atoms with Crippen molar-refractivity contribution in [1.29, 1.82) is 0 Å². The first-order valence-electron chi connectivity index (χ1n) is 9.83. The van der Waals surface area contributed by atoms with Crippen LogP contribution in [0.15, 0.2) is 54.6 Å². The molecular weight excluding hydrogens is 364 g/mol. The molecule has 2 heterocycles. The van der Waals surface area contributed by atoms with Gasteiger partial charge in [0.15, 0.2) is 5.82 Å². The van der Waals surface area contributed by atoms with E-state index in [-0.39, 0.29) is 5.75 Å². The number of para-hydroxylation sites is 1. The van der Waals surface area contributed by atoms with Gasteiger partial charge < -0.3 is 21.5 Å². The minimum absolute atomic E-state index is 0.185. The van der Waals surface area contributed by atoms with E-state index in [1.54, 1.807) is 12.1 Å². The Balaban J connectivity index is 1.40. The van der Waals surface area contributed by atoms with Gasteiger partial charge in [-0.2, -0.15) is 0 Å². The first-order chi connectivity index (χ1) is 14.1. The van der Waals surface area contributed by atoms with Gasteiger partial charge in [-0.05, 0) is 42.3 Å². The van der Waals surface area contributed by atoms with Crippen molar-refractivity contribution in [3.05, 3.63) is 60.2 Å². The number of nitrogen functional groups attached to an aromatic ring is 2. The van der Waals surface area contributed by atoms with E-state index in [1.807, 2.05) is 30.3 Å². The number of aromatic hydroxyl groups is 1. The topological polar surface area (TPSA) is 105 Å². The molecule has 1 aliphatic heterocycles. The van der Waals surface area contributed by atoms with E-state index >= 15 is 0 Å². The van der Waals surface area contributed by atoms with Crippen molar-refractivity contribution in [1.82, 2.24) is 15.1 Å². The summed E-state index contributed by atoms with van der Waals surface area (Å²) >= 11 is 0. The first-order valence-corrected chi connectivity index (χ1v) is 9.83. The molecule has 0 spiro atoms. The molecule has 3 aromatic rings. The van der Waals surface area contributed by atoms with Crippen molar-refractivity contribution in [2.45, 2.75) is 6.42 Å². The second kappa shape index (κ2) is 8.36. The van der Waals surface area contributed by atoms with Gasteiger partial charge in [0.2, 0.25) is 0 Å². The standard InChI is InChI=1S/C22H26N6O/c23-17-7-5-16(6-8-17)9-10-27-11-13-28(14-12-27)20-15-19(25-26-22(20)24)18-3-1-2-4-21(18)29/h1-8,15,29H,9-14,23H2,(H2,24,26). The Labute approximate surface area is 170 Å². The van der Waals surface area contributed by atoms with Gasteiger partial charge in [-0.25, -0.2) is 0 Å². The Hall–Kier alpha value is -3.32. The smallest absolute Gasteiger partial charge is 0.169 e. The van der Waals surface area contributed by atoms with Crippen LogP contribution in [0.3, 0.4) is 0 Å². The summed E-state index contributed by atoms with van der Waals surface area (Å²) < 4.78 is 0. The highest BCUT2D eigenvalue weighted by Gasteiger charge is 2.20. The lowest BCUT2D eigenvalue weighted by Gasteiger charge is -2.36. The average Bonchev–Trinajstić information content (AvgIpc) is 2.75. The molecule has 0 radical (unpaired) electrons. The number of hydrogen-bond acceptors (Lipinski definition) is 7. The highest BCUT2D eigenvalue weighted by Crippen LogP contribution is 2.31. The summed E-state index contributed by atoms with van der Waals surface area (Å²) in [5.41, 5.74) is 16.1. The molecule has 7 nitrogen and oxygen atoms in total. The molecule has 5 N–H and O–H groups in total. The van der Waals surface area contributed by atoms with Crippen LogP contribution < -0.4 is 16.4 Å². The van der Waals surface area contributed by atoms with E-state index < -0.39 is 0 Å². The molecule has 29 heavy (non-hydrogen) atoms. The lowest BCUT2D eigenvalue weighted by atomic mass is 10.1. The zero-order chi connectivity index (χ0) is 20.2. The first kappa shape index (κ1) is 19.0. The Bertz CT molecular complexity index is 967. The molecular formula is C22H26N6O. The molecule has 1 aromatic heterocycles. The van der Waals surface area contributed by atoms with Crippen LogP contribution in [-0.4, -0.2) is 52.9 Å². The van der Waals surface area contributed by atoms with Crippen molar-refractivity contribution in [3.63, 3.8) is 0 Å². The summed E-state index contributed by atoms with van der Waals surface area (Å²) in [5, 5.41) is 18.4. The fraction of sp³-hybridized carbons (Fsp3) is 0.273. The Kier molecular flexibility index (Phi) is 5.48. The maximum atomic E-state index is 10.1. The van der Waals surface area contributed by atoms with E-state index in [0.717, 1.165) is 50.5 Å². The number of phenolic OH excluding ortho intramolecular Hbond substituents is 1. The van der Waals surface area contributed by atoms with E-state index in [0.29, 0.717) is 17.1 Å². The van der Waals surface area contributed by atoms with Crippen LogP contribution in [0, 0.1) is 0 Å². The summed E-state index contributed by atoms with van der Waals surface area (Å²) in [6.45, 7) is 4.69. The SMILES string of the molecule is Nc1ccc(CCN2CCN(c3cc(-c4ccccc4O)nnc3N)CC2)cc1. The molecule has 0 saturated carbocycles. The maximum Gasteiger partial charge on any atom is 0.169 e. The van der Waals surface area contributed by atoms with Crippen LogP contribution in [0.25, 0.3) is 11.3 Å². The minimum Gasteiger partial charge on any atom is -0.507 e. The fourth-order valence-corrected chi connectivity index (χ4v) is 3.65. The molecule has 7 heteroatoms. The summed E-state index contributed by atoms with van der Waals surface area (Å²) in [5.74, 6) is 0.601. The molecule has 1 aliphatic rings. The number of rotatable bonds is 5. The average molecular weight is 390 g/mol. The van der Waals surface area contributed by atoms with E-state index in [4.69, 9.17) is 11.5 Å². The highest BCUT2D eigenvalue weighted by atomic mass is 16.3. The van der Waals surface area contributed by atoms with E-state index in [2.05, 4.69) is 32.1 Å². The van der Waals surface area contributed by atoms with Gasteiger partial charge in [0.05, 0.1) is 11.4 Å². The van der Waals surface area contributed by atoms with Crippen LogP contribution in [0.1, 0.15) is 5.56 Å². The number of nitrogens with two attached hydrogens (primary N) is 2. The summed E-state index contributed by atoms with van der Waals surface area (Å²) in [6, 6.07) is 17.1. The Morgan fingerprint density at radius 2 is 1.62 bits per heavy atom. The third kappa shape index (κ3) is 4.41. The van der Waals surface area contributed by atoms with Crippen molar-refractivity contribution in [2.24, 2.45) is 0 Å². The van der Waals surface area contributed by atoms with E-state index in [9.17, 15) is 5.11 Å². The summed E-state index contributed by atoms with van der Waals surface area (Å²) in [7, 11) is 0. The molecule has 0 atom stereocenters. The zero-order valence-corrected chi connectivity index (χ0v) is 16.3. The maximum absolute atomic E-state index is 10.1. The van der Waals surface area contributed by atoms with Crippen molar-refractivity contribution < 1.29 is 5.11 Å². The van der Waals surface area contributed by atoms with Crippen LogP contribution >= 0.6 is 0 Å². The molecule has 0 aliphatic carbocycles. The van der Waals surface area contributed by atoms with Gasteiger partial charge in [-0.1, -0.05) is 24.3 Å². The van der Waals surface area contributed by atoms with Crippen molar-refractivity contribution >= 4 is 17.2 Å². The lowest BCUT2D eigenvalue weighted by molar-refractivity contribution is 0.261. The number of benzene rings is 2. The zero-order valence-electron chi connectivity index (χ0n) is 16.3. The molecule has 0 bridgehead atoms. The van der Waals surface area contributed by atoms with Crippen LogP contribution in [-0.2, 0) is 6.42 Å². The lowest BCUT2D eigenvalue weighted by Crippen LogP contribution is -2.47. The summed E-state index contributed by atoms with van der Waals surface area (Å²) in [4.78, 5) is 4.70. The molecule has 1 fully saturated rings. The third-order valence-corrected chi connectivity index (χ3v) is 5.39. The van der Waals surface area contributed by atoms with Crippen LogP contribution in [0.2, 0.25) is 0 Å². The predicted octanol–water partition coefficient (Wildman–Crippen LogP) is 2.38. The second-order valence-electron chi connectivity index (χ2n) is 7.34. The number of phenols is 1. The van der Waals surface area contributed by atoms with Crippen LogP contribution in [0.4, 0.5) is 17.2 Å². The minimum atomic E-state index is 0.185. The monoisotopic (exact) mass is 390 g/mol. The molecule has 2 aromatic carbocycles. The third-order valence-electron chi connectivity index (χ3n) is 5.39. The van der Waals surface area contributed by atoms with Gasteiger partial charge in [0.25, 0.3) is 0 Å². The molecule has 150 valence electrons. The molecule has 4 rings (SSSR count). The number of hydrogen-bond donors (Lipinski definition) is 3. The Morgan fingerprint density at radius 3 is 2.34 bits per heavy atom. The molecule has 0 amide bonds. The quantitative estimate of drug-likeness (QED) is 0.575. The van der Waals surface area contributed by atoms with Crippen LogP contribution in [0.5, 0.6) is 5.75 Å². The predicted molar refractivity (Wildman–Crippen MR) is 117 cm³/mol. The Morgan fingerprint density at radius 1 is 0.897 bits per heavy atom. The highest BCUT2D eigenvalue weighted by molar-refractivity contribution is 5.74. The number of anilines is 3. The van der Waals surface area contributed by atoms with Crippen molar-refractivity contribution in [3.8, 4) is 17.0 Å². The number of aromatic nitrogens is 2. The van der Waals surface area contributed by atoms with Gasteiger partial charge in [0, 0.05) is 44.0 Å². The summed E-state index contributed by atoms with van der Waals surface area (Å²) in [6.07, 6.45) is 1.01. The second-order valence-corrected chi connectivity index (χ2v) is 7.34. The number of piperazine rings is 1. The molecule has 1 saturated heterocycles. The largest absolute Gasteiger partial charge is 0.507 e. The molecule has 0 unspecified atom stereocenters. The fourth-order valence-electron chi connectivity index (χ4n) is 3.65. The van der Waals surface area contributed by atoms with Gasteiger partial charge in [-0.3, -0.25) is 4.90 Å². The van der Waals surface area contributed by atoms with Crippen molar-refractivity contribution in [2.75, 3.05) is 49.1 Å². The normalized spacial score (nSPS) is 14.8. The van der Waals surface area contributed by atoms with Gasteiger partial charge >= 0.3 is 0 Å². The van der Waals surface area contributed by atoms with E-state index in [1.165, 1.54) is 5.56 Å². The number of nitrogens with zero attached hydrogens (tertiary/aromatic N) is 4. The van der Waals surface area contributed by atoms with Gasteiger partial charge in [-0.15, -0.1) is 10.2 Å².